The van der Waals surface area contributed by atoms with Crippen LogP contribution in [0.3, 0.4) is 0 Å². The van der Waals surface area contributed by atoms with Crippen molar-refractivity contribution in [1.29, 1.82) is 0 Å². The number of benzene rings is 1. The molecule has 1 aliphatic rings. The van der Waals surface area contributed by atoms with E-state index in [0.717, 1.165) is 10.6 Å². The molecule has 128 valence electrons. The Kier molecular flexibility index (Phi) is 6.39. The van der Waals surface area contributed by atoms with E-state index in [1.54, 1.807) is 0 Å². The van der Waals surface area contributed by atoms with E-state index in [1.807, 2.05) is 42.5 Å². The molecule has 0 radical (unpaired) electrons. The number of nitrogens with zero attached hydrogens (tertiary/aromatic N) is 2. The van der Waals surface area contributed by atoms with Gasteiger partial charge >= 0.3 is 12.2 Å². The second kappa shape index (κ2) is 8.73. The normalized spacial score (nSPS) is 15.9. The van der Waals surface area contributed by atoms with Gasteiger partial charge in [-0.1, -0.05) is 55.1 Å². The van der Waals surface area contributed by atoms with Gasteiger partial charge in [-0.15, -0.1) is 0 Å². The van der Waals surface area contributed by atoms with Crippen LogP contribution in [-0.2, 0) is 16.1 Å². The molecule has 0 unspecified atom stereocenters. The molecule has 2 amide bonds. The van der Waals surface area contributed by atoms with Crippen LogP contribution in [-0.4, -0.2) is 47.8 Å². The highest BCUT2D eigenvalue weighted by molar-refractivity contribution is 5.70. The van der Waals surface area contributed by atoms with Gasteiger partial charge in [0.1, 0.15) is 13.2 Å². The van der Waals surface area contributed by atoms with Gasteiger partial charge < -0.3 is 9.47 Å². The molecule has 2 N–H and O–H groups in total. The summed E-state index contributed by atoms with van der Waals surface area (Å²) >= 11 is 0. The van der Waals surface area contributed by atoms with Gasteiger partial charge in [-0.2, -0.15) is 0 Å². The number of carbonyl (C=O) groups is 2. The highest BCUT2D eigenvalue weighted by Crippen LogP contribution is 2.13. The molecule has 1 aliphatic heterocycles. The van der Waals surface area contributed by atoms with Gasteiger partial charge in [0, 0.05) is 6.54 Å². The second-order valence-corrected chi connectivity index (χ2v) is 5.21. The summed E-state index contributed by atoms with van der Waals surface area (Å²) in [6, 6.07) is 9.06. The van der Waals surface area contributed by atoms with Crippen molar-refractivity contribution in [3.05, 3.63) is 60.7 Å². The van der Waals surface area contributed by atoms with Crippen molar-refractivity contribution in [2.24, 2.45) is 5.84 Å². The van der Waals surface area contributed by atoms with E-state index >= 15 is 0 Å². The van der Waals surface area contributed by atoms with E-state index in [4.69, 9.17) is 15.3 Å². The number of amides is 2. The first-order valence-corrected chi connectivity index (χ1v) is 7.55. The van der Waals surface area contributed by atoms with Gasteiger partial charge in [0.05, 0.1) is 12.6 Å². The molecular formula is C17H21N3O4. The minimum Gasteiger partial charge on any atom is -0.445 e. The maximum absolute atomic E-state index is 12.2. The monoisotopic (exact) mass is 331 g/mol. The van der Waals surface area contributed by atoms with Crippen LogP contribution >= 0.6 is 0 Å². The van der Waals surface area contributed by atoms with Crippen molar-refractivity contribution in [2.75, 3.05) is 19.7 Å². The van der Waals surface area contributed by atoms with Crippen LogP contribution in [0.15, 0.2) is 55.1 Å². The summed E-state index contributed by atoms with van der Waals surface area (Å²) < 4.78 is 10.2. The molecule has 7 heteroatoms. The van der Waals surface area contributed by atoms with Crippen molar-refractivity contribution in [3.63, 3.8) is 0 Å². The van der Waals surface area contributed by atoms with Gasteiger partial charge in [0.15, 0.2) is 0 Å². The highest BCUT2D eigenvalue weighted by Gasteiger charge is 2.28. The number of ether oxygens (including phenoxy) is 2. The Morgan fingerprint density at radius 2 is 2.08 bits per heavy atom. The Balaban J connectivity index is 1.84. The zero-order valence-corrected chi connectivity index (χ0v) is 13.3. The van der Waals surface area contributed by atoms with Crippen molar-refractivity contribution in [3.8, 4) is 0 Å². The Bertz CT molecular complexity index is 603. The lowest BCUT2D eigenvalue weighted by molar-refractivity contribution is 0.0796. The first-order chi connectivity index (χ1) is 11.6. The van der Waals surface area contributed by atoms with Crippen molar-refractivity contribution in [2.45, 2.75) is 12.6 Å². The number of hydrogen-bond acceptors (Lipinski definition) is 5. The second-order valence-electron chi connectivity index (χ2n) is 5.21. The first kappa shape index (κ1) is 17.6. The smallest absolute Gasteiger partial charge is 0.424 e. The zero-order valence-electron chi connectivity index (χ0n) is 13.3. The van der Waals surface area contributed by atoms with E-state index in [1.165, 1.54) is 11.0 Å². The van der Waals surface area contributed by atoms with Crippen LogP contribution in [0.4, 0.5) is 9.59 Å². The number of nitrogens with two attached hydrogens (primary N) is 1. The molecule has 0 fully saturated rings. The summed E-state index contributed by atoms with van der Waals surface area (Å²) in [7, 11) is 0. The highest BCUT2D eigenvalue weighted by atomic mass is 16.6. The van der Waals surface area contributed by atoms with Crippen LogP contribution < -0.4 is 5.84 Å². The molecule has 7 nitrogen and oxygen atoms in total. The zero-order chi connectivity index (χ0) is 17.4. The topological polar surface area (TPSA) is 85.1 Å². The average molecular weight is 331 g/mol. The van der Waals surface area contributed by atoms with Crippen LogP contribution in [0.1, 0.15) is 5.56 Å². The molecule has 0 spiro atoms. The molecule has 0 saturated carbocycles. The number of hydrazine groups is 1. The molecule has 1 aromatic rings. The first-order valence-electron chi connectivity index (χ1n) is 7.55. The lowest BCUT2D eigenvalue weighted by Gasteiger charge is -2.27. The molecule has 2 rings (SSSR count). The third-order valence-corrected chi connectivity index (χ3v) is 3.44. The third kappa shape index (κ3) is 4.85. The average Bonchev–Trinajstić information content (AvgIpc) is 3.06. The summed E-state index contributed by atoms with van der Waals surface area (Å²) in [5.41, 5.74) is 0.906. The van der Waals surface area contributed by atoms with E-state index in [-0.39, 0.29) is 25.8 Å². The molecule has 1 atom stereocenters. The Labute approximate surface area is 140 Å². The summed E-state index contributed by atoms with van der Waals surface area (Å²) in [5.74, 6) is 5.68. The van der Waals surface area contributed by atoms with Crippen molar-refractivity contribution >= 4 is 12.2 Å². The maximum Gasteiger partial charge on any atom is 0.424 e. The summed E-state index contributed by atoms with van der Waals surface area (Å²) in [6.07, 6.45) is 3.96. The summed E-state index contributed by atoms with van der Waals surface area (Å²) in [5, 5.41) is 0.932. The Morgan fingerprint density at radius 1 is 1.33 bits per heavy atom. The summed E-state index contributed by atoms with van der Waals surface area (Å²) in [6.45, 7) is 4.26. The predicted octanol–water partition coefficient (Wildman–Crippen LogP) is 2.06. The summed E-state index contributed by atoms with van der Waals surface area (Å²) in [4.78, 5) is 25.4. The van der Waals surface area contributed by atoms with Gasteiger partial charge in [-0.25, -0.2) is 20.4 Å². The molecule has 24 heavy (non-hydrogen) atoms. The number of carbonyl (C=O) groups excluding carboxylic acids is 2. The predicted molar refractivity (Wildman–Crippen MR) is 88.7 cm³/mol. The van der Waals surface area contributed by atoms with E-state index < -0.39 is 12.2 Å². The standard InChI is InChI=1S/C17H21N3O4/c1-2-11-23-17(22)20(18)12-15-9-6-10-19(15)16(21)24-13-14-7-4-3-5-8-14/h2-9,15H,1,10-13,18H2/t15-/m0/s1. The SMILES string of the molecule is C=CCOC(=O)N(N)C[C@@H]1C=CCN1C(=O)OCc1ccccc1. The van der Waals surface area contributed by atoms with Gasteiger partial charge in [0.25, 0.3) is 0 Å². The third-order valence-electron chi connectivity index (χ3n) is 3.44. The van der Waals surface area contributed by atoms with Gasteiger partial charge in [-0.3, -0.25) is 4.90 Å². The molecule has 1 heterocycles. The van der Waals surface area contributed by atoms with Crippen LogP contribution in [0.25, 0.3) is 0 Å². The maximum atomic E-state index is 12.2. The quantitative estimate of drug-likeness (QED) is 0.373. The van der Waals surface area contributed by atoms with Crippen LogP contribution in [0, 0.1) is 0 Å². The molecular weight excluding hydrogens is 310 g/mol. The number of hydrogen-bond donors (Lipinski definition) is 1. The lowest BCUT2D eigenvalue weighted by Crippen LogP contribution is -2.48. The van der Waals surface area contributed by atoms with Crippen LogP contribution in [0.5, 0.6) is 0 Å². The van der Waals surface area contributed by atoms with Crippen LogP contribution in [0.2, 0.25) is 0 Å². The molecule has 0 aromatic heterocycles. The van der Waals surface area contributed by atoms with Gasteiger partial charge in [0.2, 0.25) is 0 Å². The minimum absolute atomic E-state index is 0.0792. The van der Waals surface area contributed by atoms with E-state index in [0.29, 0.717) is 6.54 Å². The fourth-order valence-corrected chi connectivity index (χ4v) is 2.23. The Morgan fingerprint density at radius 3 is 2.79 bits per heavy atom. The van der Waals surface area contributed by atoms with Gasteiger partial charge in [-0.05, 0) is 5.56 Å². The van der Waals surface area contributed by atoms with Crippen molar-refractivity contribution < 1.29 is 19.1 Å². The molecule has 0 saturated heterocycles. The van der Waals surface area contributed by atoms with Crippen molar-refractivity contribution in [1.82, 2.24) is 9.91 Å². The fourth-order valence-electron chi connectivity index (χ4n) is 2.23. The fraction of sp³-hybridized carbons (Fsp3) is 0.294. The van der Waals surface area contributed by atoms with E-state index in [2.05, 4.69) is 6.58 Å². The molecule has 1 aromatic carbocycles. The van der Waals surface area contributed by atoms with E-state index in [9.17, 15) is 9.59 Å². The molecule has 0 bridgehead atoms. The minimum atomic E-state index is -0.673. The Hall–Kier alpha value is -2.80. The largest absolute Gasteiger partial charge is 0.445 e. The molecule has 0 aliphatic carbocycles. The number of rotatable bonds is 6. The lowest BCUT2D eigenvalue weighted by atomic mass is 10.2.